The van der Waals surface area contributed by atoms with Crippen LogP contribution < -0.4 is 10.6 Å². The van der Waals surface area contributed by atoms with Crippen molar-refractivity contribution in [3.05, 3.63) is 17.7 Å². The maximum atomic E-state index is 11.7. The Morgan fingerprint density at radius 3 is 2.37 bits per heavy atom. The zero-order valence-electron chi connectivity index (χ0n) is 11.3. The van der Waals surface area contributed by atoms with Crippen LogP contribution in [0.25, 0.3) is 0 Å². The summed E-state index contributed by atoms with van der Waals surface area (Å²) in [6, 6.07) is 2.38. The molecule has 1 aromatic rings. The number of benzene rings is 1. The summed E-state index contributed by atoms with van der Waals surface area (Å²) in [6.45, 7) is 5.64. The largest absolute Gasteiger partial charge is 0.504 e. The highest BCUT2D eigenvalue weighted by atomic mass is 16.3. The topological polar surface area (TPSA) is 102 Å². The first-order chi connectivity index (χ1) is 8.82. The van der Waals surface area contributed by atoms with Gasteiger partial charge in [-0.1, -0.05) is 6.07 Å². The van der Waals surface area contributed by atoms with Gasteiger partial charge in [0.2, 0.25) is 11.7 Å². The van der Waals surface area contributed by atoms with Crippen molar-refractivity contribution in [2.45, 2.75) is 39.4 Å². The van der Waals surface area contributed by atoms with E-state index in [9.17, 15) is 20.1 Å². The fourth-order valence-electron chi connectivity index (χ4n) is 1.52. The van der Waals surface area contributed by atoms with Crippen LogP contribution in [0, 0.1) is 0 Å². The van der Waals surface area contributed by atoms with Crippen LogP contribution >= 0.6 is 0 Å². The molecular weight excluding hydrogens is 248 g/mol. The number of hydrogen-bond acceptors (Lipinski definition) is 5. The molecule has 106 valence electrons. The van der Waals surface area contributed by atoms with Gasteiger partial charge >= 0.3 is 0 Å². The van der Waals surface area contributed by atoms with Gasteiger partial charge in [0, 0.05) is 18.2 Å². The lowest BCUT2D eigenvalue weighted by molar-refractivity contribution is -0.123. The molecule has 1 amide bonds. The van der Waals surface area contributed by atoms with Crippen LogP contribution in [0.5, 0.6) is 17.2 Å². The van der Waals surface area contributed by atoms with Crippen LogP contribution in [0.15, 0.2) is 12.1 Å². The summed E-state index contributed by atoms with van der Waals surface area (Å²) in [7, 11) is 0. The van der Waals surface area contributed by atoms with Crippen LogP contribution in [0.2, 0.25) is 0 Å². The van der Waals surface area contributed by atoms with Crippen LogP contribution in [0.1, 0.15) is 26.3 Å². The minimum Gasteiger partial charge on any atom is -0.504 e. The maximum absolute atomic E-state index is 11.7. The minimum absolute atomic E-state index is 0.0582. The standard InChI is InChI=1S/C13H20N2O4/c1-7(2)15-13(19)8(3)14-6-9-4-5-10(16)12(18)11(9)17/h4-5,7-8,14,16-18H,6H2,1-3H3,(H,15,19). The number of amides is 1. The number of rotatable bonds is 5. The van der Waals surface area contributed by atoms with Crippen LogP contribution in [-0.2, 0) is 11.3 Å². The molecule has 6 heteroatoms. The lowest BCUT2D eigenvalue weighted by Gasteiger charge is -2.16. The highest BCUT2D eigenvalue weighted by Gasteiger charge is 2.15. The van der Waals surface area contributed by atoms with Crippen LogP contribution in [0.3, 0.4) is 0 Å². The second kappa shape index (κ2) is 6.29. The highest BCUT2D eigenvalue weighted by molar-refractivity contribution is 5.81. The van der Waals surface area contributed by atoms with E-state index in [1.165, 1.54) is 12.1 Å². The first kappa shape index (κ1) is 15.1. The molecule has 1 aromatic carbocycles. The number of hydrogen-bond donors (Lipinski definition) is 5. The van der Waals surface area contributed by atoms with E-state index >= 15 is 0 Å². The van der Waals surface area contributed by atoms with Crippen molar-refractivity contribution in [1.82, 2.24) is 10.6 Å². The van der Waals surface area contributed by atoms with Gasteiger partial charge < -0.3 is 26.0 Å². The number of carbonyl (C=O) groups is 1. The van der Waals surface area contributed by atoms with Crippen LogP contribution in [-0.4, -0.2) is 33.3 Å². The third-order valence-electron chi connectivity index (χ3n) is 2.64. The molecular formula is C13H20N2O4. The molecule has 0 saturated heterocycles. The lowest BCUT2D eigenvalue weighted by Crippen LogP contribution is -2.44. The third kappa shape index (κ3) is 4.03. The second-order valence-electron chi connectivity index (χ2n) is 4.71. The molecule has 0 aromatic heterocycles. The van der Waals surface area contributed by atoms with Crippen LogP contribution in [0.4, 0.5) is 0 Å². The average molecular weight is 268 g/mol. The minimum atomic E-state index is -0.557. The van der Waals surface area contributed by atoms with E-state index in [2.05, 4.69) is 10.6 Å². The van der Waals surface area contributed by atoms with E-state index in [4.69, 9.17) is 0 Å². The highest BCUT2D eigenvalue weighted by Crippen LogP contribution is 2.36. The van der Waals surface area contributed by atoms with Crippen molar-refractivity contribution >= 4 is 5.91 Å². The molecule has 0 spiro atoms. The van der Waals surface area contributed by atoms with Gasteiger partial charge in [-0.05, 0) is 26.8 Å². The van der Waals surface area contributed by atoms with Gasteiger partial charge in [0.05, 0.1) is 6.04 Å². The molecule has 0 aliphatic carbocycles. The molecule has 0 fully saturated rings. The number of aromatic hydroxyl groups is 3. The molecule has 0 aliphatic heterocycles. The Morgan fingerprint density at radius 2 is 1.79 bits per heavy atom. The van der Waals surface area contributed by atoms with E-state index in [1.807, 2.05) is 13.8 Å². The molecule has 1 atom stereocenters. The average Bonchev–Trinajstić information content (AvgIpc) is 2.34. The molecule has 1 unspecified atom stereocenters. The van der Waals surface area contributed by atoms with Gasteiger partial charge in [0.15, 0.2) is 11.5 Å². The Kier molecular flexibility index (Phi) is 5.00. The molecule has 0 aliphatic rings. The maximum Gasteiger partial charge on any atom is 0.237 e. The van der Waals surface area contributed by atoms with E-state index in [0.717, 1.165) is 0 Å². The Balaban J connectivity index is 2.62. The first-order valence-electron chi connectivity index (χ1n) is 6.09. The van der Waals surface area contributed by atoms with E-state index in [1.54, 1.807) is 6.92 Å². The van der Waals surface area contributed by atoms with Gasteiger partial charge in [0.1, 0.15) is 0 Å². The Bertz CT molecular complexity index is 460. The van der Waals surface area contributed by atoms with Crippen molar-refractivity contribution < 1.29 is 20.1 Å². The van der Waals surface area contributed by atoms with Gasteiger partial charge in [-0.2, -0.15) is 0 Å². The fourth-order valence-corrected chi connectivity index (χ4v) is 1.52. The van der Waals surface area contributed by atoms with Crippen molar-refractivity contribution in [2.24, 2.45) is 0 Å². The lowest BCUT2D eigenvalue weighted by atomic mass is 10.1. The Morgan fingerprint density at radius 1 is 1.16 bits per heavy atom. The van der Waals surface area contributed by atoms with E-state index in [0.29, 0.717) is 5.56 Å². The molecule has 0 saturated carbocycles. The monoisotopic (exact) mass is 268 g/mol. The Labute approximate surface area is 112 Å². The molecule has 0 heterocycles. The summed E-state index contributed by atoms with van der Waals surface area (Å²) in [5, 5.41) is 33.9. The van der Waals surface area contributed by atoms with Gasteiger partial charge in [-0.3, -0.25) is 4.79 Å². The summed E-state index contributed by atoms with van der Waals surface area (Å²) in [5.74, 6) is -1.47. The summed E-state index contributed by atoms with van der Waals surface area (Å²) in [6.07, 6.45) is 0. The van der Waals surface area contributed by atoms with Gasteiger partial charge in [0.25, 0.3) is 0 Å². The summed E-state index contributed by atoms with van der Waals surface area (Å²) in [4.78, 5) is 11.7. The normalized spacial score (nSPS) is 12.4. The summed E-state index contributed by atoms with van der Waals surface area (Å²) < 4.78 is 0. The van der Waals surface area contributed by atoms with Crippen molar-refractivity contribution in [2.75, 3.05) is 0 Å². The molecule has 1 rings (SSSR count). The number of carbonyl (C=O) groups excluding carboxylic acids is 1. The van der Waals surface area contributed by atoms with Gasteiger partial charge in [-0.15, -0.1) is 0 Å². The molecule has 5 N–H and O–H groups in total. The predicted molar refractivity (Wildman–Crippen MR) is 71.0 cm³/mol. The zero-order chi connectivity index (χ0) is 14.6. The van der Waals surface area contributed by atoms with E-state index in [-0.39, 0.29) is 30.0 Å². The van der Waals surface area contributed by atoms with Crippen molar-refractivity contribution in [3.8, 4) is 17.2 Å². The smallest absolute Gasteiger partial charge is 0.237 e. The molecule has 6 nitrogen and oxygen atoms in total. The van der Waals surface area contributed by atoms with E-state index < -0.39 is 11.8 Å². The van der Waals surface area contributed by atoms with Crippen molar-refractivity contribution in [3.63, 3.8) is 0 Å². The molecule has 19 heavy (non-hydrogen) atoms. The quantitative estimate of drug-likeness (QED) is 0.509. The molecule has 0 bridgehead atoms. The Hall–Kier alpha value is -1.95. The number of phenolic OH excluding ortho intramolecular Hbond substituents is 3. The summed E-state index contributed by atoms with van der Waals surface area (Å²) >= 11 is 0. The summed E-state index contributed by atoms with van der Waals surface area (Å²) in [5.41, 5.74) is 0.402. The first-order valence-corrected chi connectivity index (χ1v) is 6.09. The third-order valence-corrected chi connectivity index (χ3v) is 2.64. The number of nitrogens with one attached hydrogen (secondary N) is 2. The number of phenols is 3. The van der Waals surface area contributed by atoms with Crippen molar-refractivity contribution in [1.29, 1.82) is 0 Å². The predicted octanol–water partition coefficient (Wildman–Crippen LogP) is 0.806. The fraction of sp³-hybridized carbons (Fsp3) is 0.462. The second-order valence-corrected chi connectivity index (χ2v) is 4.71. The SMILES string of the molecule is CC(C)NC(=O)C(C)NCc1ccc(O)c(O)c1O. The zero-order valence-corrected chi connectivity index (χ0v) is 11.3. The van der Waals surface area contributed by atoms with Gasteiger partial charge in [-0.25, -0.2) is 0 Å². The molecule has 0 radical (unpaired) electrons.